The summed E-state index contributed by atoms with van der Waals surface area (Å²) in [6.07, 6.45) is 19.5. The Morgan fingerprint density at radius 2 is 1.10 bits per heavy atom. The summed E-state index contributed by atoms with van der Waals surface area (Å²) >= 11 is 0. The summed E-state index contributed by atoms with van der Waals surface area (Å²) in [5.41, 5.74) is 5.31. The molecule has 228 valence electrons. The van der Waals surface area contributed by atoms with Crippen molar-refractivity contribution in [2.24, 2.45) is 0 Å². The van der Waals surface area contributed by atoms with E-state index in [1.807, 2.05) is 48.5 Å². The van der Waals surface area contributed by atoms with Gasteiger partial charge in [0.15, 0.2) is 0 Å². The van der Waals surface area contributed by atoms with Gasteiger partial charge in [-0.05, 0) is 72.7 Å². The molecular weight excluding hydrogens is 516 g/mol. The Morgan fingerprint density at radius 3 is 1.67 bits per heavy atom. The number of carbonyl (C=O) groups is 1. The summed E-state index contributed by atoms with van der Waals surface area (Å²) < 4.78 is 11.7. The molecule has 3 rings (SSSR count). The molecule has 0 spiro atoms. The minimum Gasteiger partial charge on any atom is -0.423 e. The van der Waals surface area contributed by atoms with E-state index in [-0.39, 0.29) is 12.1 Å². The van der Waals surface area contributed by atoms with Crippen LogP contribution in [0.3, 0.4) is 0 Å². The molecule has 3 heteroatoms. The molecule has 0 aromatic heterocycles. The number of unbranched alkanes of at least 4 members (excludes halogenated alkanes) is 12. The van der Waals surface area contributed by atoms with Crippen molar-refractivity contribution in [3.05, 3.63) is 89.5 Å². The van der Waals surface area contributed by atoms with Crippen LogP contribution < -0.4 is 4.74 Å². The Kier molecular flexibility index (Phi) is 16.1. The van der Waals surface area contributed by atoms with E-state index in [0.29, 0.717) is 11.3 Å². The van der Waals surface area contributed by atoms with Crippen molar-refractivity contribution >= 4 is 5.97 Å². The van der Waals surface area contributed by atoms with Crippen LogP contribution >= 0.6 is 0 Å². The lowest BCUT2D eigenvalue weighted by atomic mass is 10.0. The summed E-state index contributed by atoms with van der Waals surface area (Å²) in [6.45, 7) is 7.36. The molecule has 0 saturated carbocycles. The number of hydrogen-bond donors (Lipinski definition) is 0. The van der Waals surface area contributed by atoms with Gasteiger partial charge in [-0.15, -0.1) is 0 Å². The number of esters is 1. The lowest BCUT2D eigenvalue weighted by molar-refractivity contribution is 0.0626. The topological polar surface area (TPSA) is 35.5 Å². The molecule has 0 fully saturated rings. The zero-order valence-corrected chi connectivity index (χ0v) is 26.5. The number of hydrogen-bond acceptors (Lipinski definition) is 3. The third-order valence-electron chi connectivity index (χ3n) is 8.15. The Bertz CT molecular complexity index is 1120. The fourth-order valence-electron chi connectivity index (χ4n) is 5.34. The van der Waals surface area contributed by atoms with Crippen molar-refractivity contribution in [1.29, 1.82) is 0 Å². The predicted molar refractivity (Wildman–Crippen MR) is 177 cm³/mol. The van der Waals surface area contributed by atoms with Crippen LogP contribution in [0.4, 0.5) is 0 Å². The highest BCUT2D eigenvalue weighted by Crippen LogP contribution is 2.25. The van der Waals surface area contributed by atoms with E-state index in [1.54, 1.807) is 0 Å². The predicted octanol–water partition coefficient (Wildman–Crippen LogP) is 11.7. The minimum atomic E-state index is -0.347. The fraction of sp³-hybridized carbons (Fsp3) is 0.513. The summed E-state index contributed by atoms with van der Waals surface area (Å²) in [4.78, 5) is 12.7. The number of benzene rings is 3. The molecule has 0 heterocycles. The van der Waals surface area contributed by atoms with Crippen molar-refractivity contribution in [2.75, 3.05) is 6.61 Å². The third kappa shape index (κ3) is 12.5. The molecule has 0 aliphatic heterocycles. The van der Waals surface area contributed by atoms with E-state index in [2.05, 4.69) is 45.0 Å². The van der Waals surface area contributed by atoms with Crippen LogP contribution in [0.15, 0.2) is 72.8 Å². The maximum absolute atomic E-state index is 12.7. The zero-order chi connectivity index (χ0) is 29.8. The van der Waals surface area contributed by atoms with E-state index in [9.17, 15) is 4.79 Å². The van der Waals surface area contributed by atoms with Gasteiger partial charge in [0.25, 0.3) is 0 Å². The molecule has 0 amide bonds. The van der Waals surface area contributed by atoms with Crippen LogP contribution in [-0.4, -0.2) is 12.6 Å². The largest absolute Gasteiger partial charge is 0.423 e. The standard InChI is InChI=1S/C39H54O3/c1-4-6-8-10-12-14-16-18-33-19-21-35(22-20-33)36-27-29-38(30-28-36)42-39(40)37-25-23-34(24-26-37)32(3)41-31-17-15-13-11-9-7-5-2/h19-30,32H,4-18,31H2,1-3H3. The molecule has 0 bridgehead atoms. The molecule has 3 aromatic rings. The highest BCUT2D eigenvalue weighted by molar-refractivity contribution is 5.91. The molecule has 0 saturated heterocycles. The average molecular weight is 571 g/mol. The van der Waals surface area contributed by atoms with Gasteiger partial charge in [0.2, 0.25) is 0 Å². The summed E-state index contributed by atoms with van der Waals surface area (Å²) in [6, 6.07) is 24.2. The summed E-state index contributed by atoms with van der Waals surface area (Å²) in [5.74, 6) is 0.204. The van der Waals surface area contributed by atoms with E-state index in [0.717, 1.165) is 30.6 Å². The normalized spacial score (nSPS) is 11.9. The van der Waals surface area contributed by atoms with Gasteiger partial charge in [-0.1, -0.05) is 139 Å². The molecule has 0 radical (unpaired) electrons. The SMILES string of the molecule is CCCCCCCCCOC(C)c1ccc(C(=O)Oc2ccc(-c3ccc(CCCCCCCCC)cc3)cc2)cc1. The van der Waals surface area contributed by atoms with Crippen LogP contribution in [0.5, 0.6) is 5.75 Å². The third-order valence-corrected chi connectivity index (χ3v) is 8.15. The molecule has 1 atom stereocenters. The summed E-state index contributed by atoms with van der Waals surface area (Å²) in [7, 11) is 0. The van der Waals surface area contributed by atoms with Gasteiger partial charge in [-0.2, -0.15) is 0 Å². The lowest BCUT2D eigenvalue weighted by Gasteiger charge is -2.14. The molecule has 3 nitrogen and oxygen atoms in total. The number of aryl methyl sites for hydroxylation is 1. The Morgan fingerprint density at radius 1 is 0.595 bits per heavy atom. The van der Waals surface area contributed by atoms with Gasteiger partial charge in [-0.3, -0.25) is 0 Å². The smallest absolute Gasteiger partial charge is 0.343 e. The number of ether oxygens (including phenoxy) is 2. The highest BCUT2D eigenvalue weighted by atomic mass is 16.5. The lowest BCUT2D eigenvalue weighted by Crippen LogP contribution is -2.09. The molecule has 3 aromatic carbocycles. The zero-order valence-electron chi connectivity index (χ0n) is 26.5. The first-order valence-electron chi connectivity index (χ1n) is 16.7. The van der Waals surface area contributed by atoms with Crippen LogP contribution in [0, 0.1) is 0 Å². The fourth-order valence-corrected chi connectivity index (χ4v) is 5.34. The second-order valence-electron chi connectivity index (χ2n) is 11.7. The van der Waals surface area contributed by atoms with Crippen LogP contribution in [0.25, 0.3) is 11.1 Å². The average Bonchev–Trinajstić information content (AvgIpc) is 3.02. The Labute approximate surface area is 256 Å². The van der Waals surface area contributed by atoms with E-state index in [4.69, 9.17) is 9.47 Å². The summed E-state index contributed by atoms with van der Waals surface area (Å²) in [5, 5.41) is 0. The van der Waals surface area contributed by atoms with Gasteiger partial charge in [0.1, 0.15) is 5.75 Å². The monoisotopic (exact) mass is 570 g/mol. The molecule has 0 N–H and O–H groups in total. The van der Waals surface area contributed by atoms with Gasteiger partial charge < -0.3 is 9.47 Å². The second kappa shape index (κ2) is 20.1. The van der Waals surface area contributed by atoms with Gasteiger partial charge >= 0.3 is 5.97 Å². The molecular formula is C39H54O3. The van der Waals surface area contributed by atoms with Crippen LogP contribution in [0.1, 0.15) is 138 Å². The van der Waals surface area contributed by atoms with Crippen LogP contribution in [0.2, 0.25) is 0 Å². The van der Waals surface area contributed by atoms with Gasteiger partial charge in [-0.25, -0.2) is 4.79 Å². The van der Waals surface area contributed by atoms with Crippen LogP contribution in [-0.2, 0) is 11.2 Å². The Balaban J connectivity index is 1.38. The Hall–Kier alpha value is -2.91. The number of rotatable bonds is 21. The van der Waals surface area contributed by atoms with E-state index < -0.39 is 0 Å². The van der Waals surface area contributed by atoms with Crippen molar-refractivity contribution in [3.63, 3.8) is 0 Å². The van der Waals surface area contributed by atoms with Gasteiger partial charge in [0.05, 0.1) is 11.7 Å². The first kappa shape index (κ1) is 33.6. The molecule has 0 aliphatic carbocycles. The first-order chi connectivity index (χ1) is 20.6. The number of carbonyl (C=O) groups excluding carboxylic acids is 1. The molecule has 0 aliphatic rings. The molecule has 1 unspecified atom stereocenters. The highest BCUT2D eigenvalue weighted by Gasteiger charge is 2.11. The van der Waals surface area contributed by atoms with Crippen molar-refractivity contribution in [2.45, 2.75) is 123 Å². The van der Waals surface area contributed by atoms with E-state index in [1.165, 1.54) is 94.6 Å². The maximum atomic E-state index is 12.7. The van der Waals surface area contributed by atoms with Crippen molar-refractivity contribution in [3.8, 4) is 16.9 Å². The van der Waals surface area contributed by atoms with Gasteiger partial charge in [0, 0.05) is 6.61 Å². The van der Waals surface area contributed by atoms with Crippen molar-refractivity contribution in [1.82, 2.24) is 0 Å². The first-order valence-corrected chi connectivity index (χ1v) is 16.7. The minimum absolute atomic E-state index is 0.0112. The molecule has 42 heavy (non-hydrogen) atoms. The van der Waals surface area contributed by atoms with E-state index >= 15 is 0 Å². The quantitative estimate of drug-likeness (QED) is 0.0726. The maximum Gasteiger partial charge on any atom is 0.343 e. The van der Waals surface area contributed by atoms with Crippen molar-refractivity contribution < 1.29 is 14.3 Å². The second-order valence-corrected chi connectivity index (χ2v) is 11.7.